The van der Waals surface area contributed by atoms with Crippen molar-refractivity contribution in [2.24, 2.45) is 0 Å². The minimum Gasteiger partial charge on any atom is -0.493 e. The molecular weight excluding hydrogens is 429 g/mol. The maximum atomic E-state index is 6.48. The molecule has 29 heavy (non-hydrogen) atoms. The molecule has 0 aliphatic heterocycles. The molecule has 1 atom stereocenters. The van der Waals surface area contributed by atoms with Crippen LogP contribution in [-0.2, 0) is 13.2 Å². The summed E-state index contributed by atoms with van der Waals surface area (Å²) in [4.78, 5) is 0. The van der Waals surface area contributed by atoms with Crippen molar-refractivity contribution >= 4 is 35.6 Å². The third-order valence-corrected chi connectivity index (χ3v) is 5.03. The van der Waals surface area contributed by atoms with E-state index in [1.54, 1.807) is 7.11 Å². The molecule has 0 fully saturated rings. The van der Waals surface area contributed by atoms with Gasteiger partial charge in [-0.15, -0.1) is 12.4 Å². The average Bonchev–Trinajstić information content (AvgIpc) is 2.72. The van der Waals surface area contributed by atoms with E-state index in [-0.39, 0.29) is 18.4 Å². The summed E-state index contributed by atoms with van der Waals surface area (Å²) in [5.41, 5.74) is 3.27. The molecule has 3 rings (SSSR count). The van der Waals surface area contributed by atoms with Gasteiger partial charge >= 0.3 is 0 Å². The lowest BCUT2D eigenvalue weighted by Gasteiger charge is -2.17. The molecule has 0 heterocycles. The van der Waals surface area contributed by atoms with Crippen LogP contribution in [0.1, 0.15) is 29.7 Å². The van der Waals surface area contributed by atoms with Crippen molar-refractivity contribution in [2.75, 3.05) is 7.11 Å². The normalized spacial score (nSPS) is 11.4. The molecule has 1 N–H and O–H groups in total. The number of rotatable bonds is 8. The first-order valence-corrected chi connectivity index (χ1v) is 9.84. The van der Waals surface area contributed by atoms with E-state index >= 15 is 0 Å². The van der Waals surface area contributed by atoms with E-state index in [0.717, 1.165) is 11.1 Å². The van der Waals surface area contributed by atoms with Gasteiger partial charge in [-0.25, -0.2) is 0 Å². The van der Waals surface area contributed by atoms with Crippen LogP contribution in [0, 0.1) is 0 Å². The van der Waals surface area contributed by atoms with Crippen LogP contribution in [0.15, 0.2) is 66.7 Å². The predicted molar refractivity (Wildman–Crippen MR) is 123 cm³/mol. The first-order chi connectivity index (χ1) is 13.6. The van der Waals surface area contributed by atoms with Gasteiger partial charge in [0.1, 0.15) is 6.61 Å². The van der Waals surface area contributed by atoms with Crippen molar-refractivity contribution < 1.29 is 9.47 Å². The van der Waals surface area contributed by atoms with Crippen molar-refractivity contribution in [2.45, 2.75) is 26.1 Å². The van der Waals surface area contributed by atoms with Gasteiger partial charge in [0.25, 0.3) is 0 Å². The summed E-state index contributed by atoms with van der Waals surface area (Å²) in [5, 5.41) is 4.73. The first kappa shape index (κ1) is 23.4. The van der Waals surface area contributed by atoms with E-state index in [9.17, 15) is 0 Å². The highest BCUT2D eigenvalue weighted by molar-refractivity contribution is 6.32. The summed E-state index contributed by atoms with van der Waals surface area (Å²) in [6, 6.07) is 21.9. The van der Waals surface area contributed by atoms with Gasteiger partial charge in [-0.05, 0) is 47.9 Å². The van der Waals surface area contributed by atoms with E-state index in [1.165, 1.54) is 5.56 Å². The van der Waals surface area contributed by atoms with Crippen molar-refractivity contribution in [3.05, 3.63) is 93.5 Å². The Morgan fingerprint density at radius 1 is 0.931 bits per heavy atom. The van der Waals surface area contributed by atoms with E-state index < -0.39 is 0 Å². The molecule has 0 saturated carbocycles. The molecule has 0 aliphatic carbocycles. The Labute approximate surface area is 188 Å². The van der Waals surface area contributed by atoms with Gasteiger partial charge < -0.3 is 14.8 Å². The molecule has 0 aromatic heterocycles. The van der Waals surface area contributed by atoms with Gasteiger partial charge in [0.15, 0.2) is 11.5 Å². The number of methoxy groups -OCH3 is 1. The number of ether oxygens (including phenoxy) is 2. The number of nitrogens with one attached hydrogen (secondary N) is 1. The molecule has 3 aromatic carbocycles. The van der Waals surface area contributed by atoms with Gasteiger partial charge in [0, 0.05) is 17.6 Å². The third kappa shape index (κ3) is 6.55. The zero-order chi connectivity index (χ0) is 19.9. The van der Waals surface area contributed by atoms with Crippen molar-refractivity contribution in [1.82, 2.24) is 5.32 Å². The first-order valence-electron chi connectivity index (χ1n) is 9.09. The van der Waals surface area contributed by atoms with Crippen LogP contribution in [0.25, 0.3) is 0 Å². The highest BCUT2D eigenvalue weighted by Gasteiger charge is 2.13. The quantitative estimate of drug-likeness (QED) is 0.405. The Bertz CT molecular complexity index is 902. The van der Waals surface area contributed by atoms with Crippen LogP contribution in [0.2, 0.25) is 10.0 Å². The topological polar surface area (TPSA) is 30.5 Å². The second kappa shape index (κ2) is 11.3. The number of hydrogen-bond donors (Lipinski definition) is 1. The van der Waals surface area contributed by atoms with Crippen LogP contribution in [0.4, 0.5) is 0 Å². The van der Waals surface area contributed by atoms with Gasteiger partial charge in [-0.2, -0.15) is 0 Å². The average molecular weight is 453 g/mol. The maximum Gasteiger partial charge on any atom is 0.180 e. The van der Waals surface area contributed by atoms with E-state index in [4.69, 9.17) is 32.7 Å². The largest absolute Gasteiger partial charge is 0.493 e. The second-order valence-electron chi connectivity index (χ2n) is 6.54. The second-order valence-corrected chi connectivity index (χ2v) is 7.38. The van der Waals surface area contributed by atoms with Gasteiger partial charge in [-0.3, -0.25) is 0 Å². The lowest BCUT2D eigenvalue weighted by Crippen LogP contribution is -2.18. The van der Waals surface area contributed by atoms with Crippen LogP contribution >= 0.6 is 35.6 Å². The predicted octanol–water partition coefficient (Wildman–Crippen LogP) is 6.85. The molecular formula is C23H24Cl3NO2. The molecule has 3 nitrogen and oxygen atoms in total. The SMILES string of the molecule is COc1cc(CNC(C)c2ccccc2)cc(Cl)c1OCc1ccc(Cl)cc1.Cl. The van der Waals surface area contributed by atoms with E-state index in [0.29, 0.717) is 34.7 Å². The Kier molecular flexibility index (Phi) is 9.12. The highest BCUT2D eigenvalue weighted by atomic mass is 35.5. The monoisotopic (exact) mass is 451 g/mol. The standard InChI is InChI=1S/C23H23Cl2NO2.ClH/c1-16(19-6-4-3-5-7-19)26-14-18-12-21(25)23(22(13-18)27-2)28-15-17-8-10-20(24)11-9-17;/h3-13,16,26H,14-15H2,1-2H3;1H. The molecule has 0 spiro atoms. The van der Waals surface area contributed by atoms with Crippen LogP contribution in [0.3, 0.4) is 0 Å². The molecule has 0 aliphatic rings. The Morgan fingerprint density at radius 2 is 1.62 bits per heavy atom. The fourth-order valence-electron chi connectivity index (χ4n) is 2.88. The van der Waals surface area contributed by atoms with Crippen molar-refractivity contribution in [3.8, 4) is 11.5 Å². The van der Waals surface area contributed by atoms with Gasteiger partial charge in [-0.1, -0.05) is 65.7 Å². The highest BCUT2D eigenvalue weighted by Crippen LogP contribution is 2.37. The van der Waals surface area contributed by atoms with Crippen molar-refractivity contribution in [1.29, 1.82) is 0 Å². The summed E-state index contributed by atoms with van der Waals surface area (Å²) in [6.45, 7) is 3.19. The van der Waals surface area contributed by atoms with Gasteiger partial charge in [0.05, 0.1) is 12.1 Å². The molecule has 0 saturated heterocycles. The van der Waals surface area contributed by atoms with Crippen LogP contribution in [0.5, 0.6) is 11.5 Å². The fourth-order valence-corrected chi connectivity index (χ4v) is 3.30. The smallest absolute Gasteiger partial charge is 0.180 e. The minimum atomic E-state index is 0. The molecule has 154 valence electrons. The van der Waals surface area contributed by atoms with Crippen LogP contribution in [-0.4, -0.2) is 7.11 Å². The van der Waals surface area contributed by atoms with E-state index in [2.05, 4.69) is 24.4 Å². The van der Waals surface area contributed by atoms with Crippen molar-refractivity contribution in [3.63, 3.8) is 0 Å². The summed E-state index contributed by atoms with van der Waals surface area (Å²) in [7, 11) is 1.62. The lowest BCUT2D eigenvalue weighted by molar-refractivity contribution is 0.284. The van der Waals surface area contributed by atoms with Crippen LogP contribution < -0.4 is 14.8 Å². The zero-order valence-corrected chi connectivity index (χ0v) is 18.7. The molecule has 0 bridgehead atoms. The molecule has 1 unspecified atom stereocenters. The Morgan fingerprint density at radius 3 is 2.28 bits per heavy atom. The Balaban J connectivity index is 0.00000300. The fraction of sp³-hybridized carbons (Fsp3) is 0.217. The summed E-state index contributed by atoms with van der Waals surface area (Å²) < 4.78 is 11.4. The molecule has 3 aromatic rings. The molecule has 0 radical (unpaired) electrons. The lowest BCUT2D eigenvalue weighted by atomic mass is 10.1. The maximum absolute atomic E-state index is 6.48. The number of halogens is 3. The summed E-state index contributed by atoms with van der Waals surface area (Å²) >= 11 is 12.4. The van der Waals surface area contributed by atoms with Gasteiger partial charge in [0.2, 0.25) is 0 Å². The molecule has 0 amide bonds. The zero-order valence-electron chi connectivity index (χ0n) is 16.3. The number of hydrogen-bond acceptors (Lipinski definition) is 3. The third-order valence-electron chi connectivity index (χ3n) is 4.50. The summed E-state index contributed by atoms with van der Waals surface area (Å²) in [5.74, 6) is 1.16. The Hall–Kier alpha value is -1.91. The number of benzene rings is 3. The molecule has 6 heteroatoms. The summed E-state index contributed by atoms with van der Waals surface area (Å²) in [6.07, 6.45) is 0. The van der Waals surface area contributed by atoms with E-state index in [1.807, 2.05) is 54.6 Å². The minimum absolute atomic E-state index is 0.